The highest BCUT2D eigenvalue weighted by atomic mass is 32.2. The molecule has 1 N–H and O–H groups in total. The Morgan fingerprint density at radius 2 is 1.83 bits per heavy atom. The molecule has 1 atom stereocenters. The van der Waals surface area contributed by atoms with E-state index in [0.717, 1.165) is 28.7 Å². The van der Waals surface area contributed by atoms with Gasteiger partial charge in [-0.2, -0.15) is 13.5 Å². The van der Waals surface area contributed by atoms with E-state index in [-0.39, 0.29) is 0 Å². The third-order valence-corrected chi connectivity index (χ3v) is 6.53. The average molecular weight is 438 g/mol. The fourth-order valence-electron chi connectivity index (χ4n) is 3.57. The normalized spacial score (nSPS) is 16.6. The highest BCUT2D eigenvalue weighted by Crippen LogP contribution is 2.40. The Kier molecular flexibility index (Phi) is 7.21. The molecule has 8 heteroatoms. The van der Waals surface area contributed by atoms with Crippen molar-refractivity contribution in [2.24, 2.45) is 0 Å². The molecule has 3 rings (SSSR count). The molecule has 0 bridgehead atoms. The largest absolute Gasteiger partial charge is 0.367 e. The maximum absolute atomic E-state index is 12.8. The highest BCUT2D eigenvalue weighted by Gasteiger charge is 2.36. The van der Waals surface area contributed by atoms with Crippen molar-refractivity contribution in [2.75, 3.05) is 12.0 Å². The van der Waals surface area contributed by atoms with Gasteiger partial charge in [0.25, 0.3) is 16.0 Å². The number of aliphatic hydroxyl groups excluding tert-OH is 1. The number of rotatable bonds is 10. The Labute approximate surface area is 176 Å². The Morgan fingerprint density at radius 3 is 2.55 bits per heavy atom. The molecule has 0 aliphatic carbocycles. The Morgan fingerprint density at radius 1 is 1.10 bits per heavy atom. The summed E-state index contributed by atoms with van der Waals surface area (Å²) in [6.07, 6.45) is 6.78. The predicted octanol–water partition coefficient (Wildman–Crippen LogP) is 4.63. The lowest BCUT2D eigenvalue weighted by atomic mass is 9.94. The molecule has 0 saturated carbocycles. The van der Waals surface area contributed by atoms with E-state index in [1.165, 1.54) is 32.1 Å². The molecule has 29 heavy (non-hydrogen) atoms. The molecule has 0 aromatic heterocycles. The van der Waals surface area contributed by atoms with Crippen molar-refractivity contribution in [3.8, 4) is 0 Å². The van der Waals surface area contributed by atoms with Crippen LogP contribution in [-0.2, 0) is 14.4 Å². The number of amides is 1. The first-order valence-electron chi connectivity index (χ1n) is 9.93. The highest BCUT2D eigenvalue weighted by molar-refractivity contribution is 7.99. The smallest absolute Gasteiger partial charge is 0.285 e. The predicted molar refractivity (Wildman–Crippen MR) is 115 cm³/mol. The lowest BCUT2D eigenvalue weighted by Gasteiger charge is -2.31. The maximum Gasteiger partial charge on any atom is 0.285 e. The molecule has 0 fully saturated rings. The average Bonchev–Trinajstić information content (AvgIpc) is 2.68. The Hall–Kier alpha value is -1.61. The summed E-state index contributed by atoms with van der Waals surface area (Å²) in [5.41, 5.74) is 0.788. The van der Waals surface area contributed by atoms with E-state index in [0.29, 0.717) is 21.6 Å². The molecule has 1 aliphatic heterocycles. The summed E-state index contributed by atoms with van der Waals surface area (Å²) in [6.45, 7) is 2.21. The number of hydrogen-bond donors (Lipinski definition) is 1. The van der Waals surface area contributed by atoms with Crippen molar-refractivity contribution in [3.63, 3.8) is 0 Å². The zero-order valence-corrected chi connectivity index (χ0v) is 18.4. The molecule has 158 valence electrons. The molecule has 2 aromatic carbocycles. The quantitative estimate of drug-likeness (QED) is 0.431. The molecule has 1 unspecified atom stereocenters. The van der Waals surface area contributed by atoms with Gasteiger partial charge in [-0.1, -0.05) is 57.2 Å². The Bertz CT molecular complexity index is 990. The van der Waals surface area contributed by atoms with Crippen LogP contribution in [0.15, 0.2) is 35.2 Å². The summed E-state index contributed by atoms with van der Waals surface area (Å²) < 4.78 is 27.7. The van der Waals surface area contributed by atoms with Gasteiger partial charge in [-0.3, -0.25) is 4.79 Å². The minimum absolute atomic E-state index is 0.327. The fraction of sp³-hybridized carbons (Fsp3) is 0.476. The van der Waals surface area contributed by atoms with Gasteiger partial charge in [-0.05, 0) is 29.7 Å². The van der Waals surface area contributed by atoms with Gasteiger partial charge in [0.2, 0.25) is 0 Å². The number of thioether (sulfide) groups is 1. The van der Waals surface area contributed by atoms with Crippen molar-refractivity contribution in [2.45, 2.75) is 56.6 Å². The van der Waals surface area contributed by atoms with Crippen LogP contribution < -0.4 is 0 Å². The van der Waals surface area contributed by atoms with Crippen LogP contribution >= 0.6 is 11.8 Å². The second kappa shape index (κ2) is 9.47. The number of hydroxylamine groups is 2. The number of benzene rings is 2. The minimum atomic E-state index is -3.95. The summed E-state index contributed by atoms with van der Waals surface area (Å²) in [5, 5.41) is 12.7. The topological polar surface area (TPSA) is 83.9 Å². The molecule has 1 heterocycles. The van der Waals surface area contributed by atoms with Gasteiger partial charge >= 0.3 is 0 Å². The van der Waals surface area contributed by atoms with Gasteiger partial charge in [0, 0.05) is 15.8 Å². The van der Waals surface area contributed by atoms with Crippen molar-refractivity contribution in [1.82, 2.24) is 5.06 Å². The molecule has 2 aromatic rings. The molecular formula is C21H27NO5S2. The van der Waals surface area contributed by atoms with E-state index >= 15 is 0 Å². The maximum atomic E-state index is 12.8. The third-order valence-electron chi connectivity index (χ3n) is 4.93. The first kappa shape index (κ1) is 22.1. The summed E-state index contributed by atoms with van der Waals surface area (Å²) in [6, 6.07) is 8.98. The van der Waals surface area contributed by atoms with E-state index in [1.807, 2.05) is 12.1 Å². The lowest BCUT2D eigenvalue weighted by molar-refractivity contribution is -0.135. The number of carbonyl (C=O) groups is 1. The molecule has 1 aliphatic rings. The third kappa shape index (κ3) is 5.12. The number of carbonyl (C=O) groups excluding carboxylic acids is 1. The van der Waals surface area contributed by atoms with Gasteiger partial charge in [-0.15, -0.1) is 16.0 Å². The molecule has 0 radical (unpaired) electrons. The second-order valence-corrected chi connectivity index (χ2v) is 9.97. The Balaban J connectivity index is 1.81. The van der Waals surface area contributed by atoms with Crippen LogP contribution in [0.1, 0.15) is 67.6 Å². The van der Waals surface area contributed by atoms with Gasteiger partial charge in [0.15, 0.2) is 6.23 Å². The first-order valence-corrected chi connectivity index (χ1v) is 12.7. The van der Waals surface area contributed by atoms with Gasteiger partial charge in [0.05, 0.1) is 11.8 Å². The summed E-state index contributed by atoms with van der Waals surface area (Å²) in [7, 11) is -3.95. The molecule has 0 saturated heterocycles. The van der Waals surface area contributed by atoms with Crippen LogP contribution in [0, 0.1) is 0 Å². The van der Waals surface area contributed by atoms with Gasteiger partial charge < -0.3 is 5.11 Å². The van der Waals surface area contributed by atoms with E-state index in [9.17, 15) is 18.3 Å². The summed E-state index contributed by atoms with van der Waals surface area (Å²) >= 11 is 1.75. The van der Waals surface area contributed by atoms with E-state index in [2.05, 4.69) is 6.92 Å². The number of aliphatic hydroxyl groups is 1. The van der Waals surface area contributed by atoms with Crippen molar-refractivity contribution in [1.29, 1.82) is 0 Å². The van der Waals surface area contributed by atoms with E-state index in [4.69, 9.17) is 4.28 Å². The van der Waals surface area contributed by atoms with Crippen LogP contribution in [0.5, 0.6) is 0 Å². The fourth-order valence-corrected chi connectivity index (χ4v) is 5.07. The first-order chi connectivity index (χ1) is 13.8. The van der Waals surface area contributed by atoms with Gasteiger partial charge in [-0.25, -0.2) is 0 Å². The van der Waals surface area contributed by atoms with Crippen LogP contribution in [0.3, 0.4) is 0 Å². The van der Waals surface area contributed by atoms with Crippen LogP contribution in [-0.4, -0.2) is 36.5 Å². The monoisotopic (exact) mass is 437 g/mol. The van der Waals surface area contributed by atoms with Crippen LogP contribution in [0.4, 0.5) is 0 Å². The van der Waals surface area contributed by atoms with E-state index < -0.39 is 22.3 Å². The second-order valence-electron chi connectivity index (χ2n) is 7.28. The van der Waals surface area contributed by atoms with Crippen LogP contribution in [0.2, 0.25) is 0 Å². The molecule has 6 nitrogen and oxygen atoms in total. The molecule has 0 spiro atoms. The zero-order chi connectivity index (χ0) is 21.0. The standard InChI is InChI=1S/C21H27NO5S2/c1-3-4-5-6-7-8-14-28-18-13-12-17-19-15(18)10-9-11-16(19)20(23)22(21(17)24)27-29(2,25)26/h9-13,21,24H,3-8,14H2,1-2H3. The lowest BCUT2D eigenvalue weighted by Crippen LogP contribution is -2.39. The number of nitrogens with zero attached hydrogens (tertiary/aromatic N) is 1. The molecular weight excluding hydrogens is 410 g/mol. The zero-order valence-electron chi connectivity index (χ0n) is 16.8. The van der Waals surface area contributed by atoms with Gasteiger partial charge in [0.1, 0.15) is 0 Å². The minimum Gasteiger partial charge on any atom is -0.367 e. The van der Waals surface area contributed by atoms with Crippen molar-refractivity contribution >= 4 is 38.6 Å². The number of hydrogen-bond acceptors (Lipinski definition) is 6. The summed E-state index contributed by atoms with van der Waals surface area (Å²) in [5.74, 6) is 0.323. The number of unbranched alkanes of at least 4 members (excludes halogenated alkanes) is 5. The van der Waals surface area contributed by atoms with Crippen molar-refractivity contribution < 1.29 is 22.6 Å². The SMILES string of the molecule is CCCCCCCCSc1ccc2c3c(cccc13)C(=O)N(OS(C)(=O)=O)C2O. The van der Waals surface area contributed by atoms with E-state index in [1.54, 1.807) is 30.0 Å². The van der Waals surface area contributed by atoms with Crippen molar-refractivity contribution in [3.05, 3.63) is 41.5 Å². The van der Waals surface area contributed by atoms with Crippen LogP contribution in [0.25, 0.3) is 10.8 Å². The molecule has 1 amide bonds. The summed E-state index contributed by atoms with van der Waals surface area (Å²) in [4.78, 5) is 13.8.